The predicted molar refractivity (Wildman–Crippen MR) is 90.2 cm³/mol. The number of nitrogens with zero attached hydrogens (tertiary/aromatic N) is 1. The molecule has 0 aliphatic rings. The van der Waals surface area contributed by atoms with Crippen LogP contribution in [0.5, 0.6) is 5.75 Å². The highest BCUT2D eigenvalue weighted by atomic mass is 16.5. The van der Waals surface area contributed by atoms with Gasteiger partial charge in [-0.2, -0.15) is 0 Å². The molecule has 0 saturated heterocycles. The lowest BCUT2D eigenvalue weighted by atomic mass is 9.99. The molecular formula is C19H17NO3. The maximum Gasteiger partial charge on any atom is 0.336 e. The molecule has 0 bridgehead atoms. The Hall–Kier alpha value is -2.88. The van der Waals surface area contributed by atoms with Gasteiger partial charge in [-0.15, -0.1) is 0 Å². The first-order valence-corrected chi connectivity index (χ1v) is 7.29. The Balaban J connectivity index is 2.29. The molecule has 1 N–H and O–H groups in total. The van der Waals surface area contributed by atoms with Crippen molar-refractivity contribution in [1.82, 2.24) is 4.98 Å². The largest absolute Gasteiger partial charge is 0.497 e. The van der Waals surface area contributed by atoms with Crippen molar-refractivity contribution in [2.24, 2.45) is 0 Å². The average molecular weight is 307 g/mol. The number of hydrogen-bond donors (Lipinski definition) is 1. The summed E-state index contributed by atoms with van der Waals surface area (Å²) >= 11 is 0. The summed E-state index contributed by atoms with van der Waals surface area (Å²) in [5, 5.41) is 10.1. The van der Waals surface area contributed by atoms with Gasteiger partial charge in [-0.3, -0.25) is 0 Å². The van der Waals surface area contributed by atoms with Gasteiger partial charge in [-0.1, -0.05) is 23.8 Å². The first kappa shape index (κ1) is 15.0. The van der Waals surface area contributed by atoms with E-state index >= 15 is 0 Å². The fourth-order valence-electron chi connectivity index (χ4n) is 2.75. The molecule has 0 saturated carbocycles. The number of hydrogen-bond acceptors (Lipinski definition) is 3. The summed E-state index contributed by atoms with van der Waals surface area (Å²) in [6.45, 7) is 4.03. The predicted octanol–water partition coefficient (Wildman–Crippen LogP) is 4.23. The van der Waals surface area contributed by atoms with Crippen molar-refractivity contribution < 1.29 is 14.6 Å². The second-order valence-electron chi connectivity index (χ2n) is 5.56. The number of carbonyl (C=O) groups is 1. The Morgan fingerprint density at radius 3 is 2.52 bits per heavy atom. The molecule has 23 heavy (non-hydrogen) atoms. The van der Waals surface area contributed by atoms with Crippen LogP contribution in [0.2, 0.25) is 0 Å². The summed E-state index contributed by atoms with van der Waals surface area (Å²) in [6.07, 6.45) is 0. The van der Waals surface area contributed by atoms with Crippen molar-refractivity contribution in [3.63, 3.8) is 0 Å². The molecule has 1 heterocycles. The molecule has 1 aromatic heterocycles. The number of rotatable bonds is 3. The third kappa shape index (κ3) is 2.75. The zero-order valence-corrected chi connectivity index (χ0v) is 13.3. The van der Waals surface area contributed by atoms with Crippen LogP contribution in [0.15, 0.2) is 42.5 Å². The standard InChI is InChI=1S/C19H17NO3/c1-11-4-6-14(12(2)8-11)18-10-16(19(21)22)15-9-13(23-3)5-7-17(15)20-18/h4-10H,1-3H3,(H,21,22). The molecule has 4 nitrogen and oxygen atoms in total. The summed E-state index contributed by atoms with van der Waals surface area (Å²) in [5.74, 6) is -0.363. The van der Waals surface area contributed by atoms with Crippen molar-refractivity contribution >= 4 is 16.9 Å². The second-order valence-corrected chi connectivity index (χ2v) is 5.56. The van der Waals surface area contributed by atoms with Crippen molar-refractivity contribution in [2.75, 3.05) is 7.11 Å². The molecule has 2 aromatic carbocycles. The number of benzene rings is 2. The molecule has 0 radical (unpaired) electrons. The van der Waals surface area contributed by atoms with Gasteiger partial charge in [-0.05, 0) is 43.7 Å². The second kappa shape index (κ2) is 5.72. The van der Waals surface area contributed by atoms with Crippen molar-refractivity contribution in [3.8, 4) is 17.0 Å². The van der Waals surface area contributed by atoms with Gasteiger partial charge in [0.2, 0.25) is 0 Å². The topological polar surface area (TPSA) is 59.4 Å². The van der Waals surface area contributed by atoms with Crippen LogP contribution in [0.25, 0.3) is 22.2 Å². The molecule has 0 atom stereocenters. The fraction of sp³-hybridized carbons (Fsp3) is 0.158. The Kier molecular flexibility index (Phi) is 3.74. The minimum Gasteiger partial charge on any atom is -0.497 e. The molecule has 3 aromatic rings. The average Bonchev–Trinajstić information content (AvgIpc) is 2.53. The lowest BCUT2D eigenvalue weighted by molar-refractivity contribution is 0.0699. The van der Waals surface area contributed by atoms with Gasteiger partial charge in [0, 0.05) is 10.9 Å². The van der Waals surface area contributed by atoms with Gasteiger partial charge in [-0.25, -0.2) is 9.78 Å². The van der Waals surface area contributed by atoms with Crippen LogP contribution >= 0.6 is 0 Å². The van der Waals surface area contributed by atoms with Crippen LogP contribution in [-0.4, -0.2) is 23.2 Å². The number of ether oxygens (including phenoxy) is 1. The smallest absolute Gasteiger partial charge is 0.336 e. The van der Waals surface area contributed by atoms with E-state index in [2.05, 4.69) is 11.1 Å². The quantitative estimate of drug-likeness (QED) is 0.787. The van der Waals surface area contributed by atoms with E-state index in [4.69, 9.17) is 4.74 Å². The van der Waals surface area contributed by atoms with Gasteiger partial charge in [0.1, 0.15) is 5.75 Å². The van der Waals surface area contributed by atoms with Crippen LogP contribution in [0, 0.1) is 13.8 Å². The molecule has 0 fully saturated rings. The highest BCUT2D eigenvalue weighted by Gasteiger charge is 2.14. The molecule has 0 spiro atoms. The van der Waals surface area contributed by atoms with E-state index in [1.807, 2.05) is 26.0 Å². The van der Waals surface area contributed by atoms with Crippen LogP contribution in [0.1, 0.15) is 21.5 Å². The number of aryl methyl sites for hydroxylation is 2. The molecule has 0 unspecified atom stereocenters. The Bertz CT molecular complexity index is 916. The Labute approximate surface area is 134 Å². The van der Waals surface area contributed by atoms with E-state index in [1.165, 1.54) is 0 Å². The van der Waals surface area contributed by atoms with E-state index in [0.29, 0.717) is 22.3 Å². The number of carboxylic acid groups (broad SMARTS) is 1. The van der Waals surface area contributed by atoms with E-state index in [0.717, 1.165) is 16.7 Å². The number of fused-ring (bicyclic) bond motifs is 1. The van der Waals surface area contributed by atoms with Crippen LogP contribution in [0.3, 0.4) is 0 Å². The first-order chi connectivity index (χ1) is 11.0. The summed E-state index contributed by atoms with van der Waals surface area (Å²) < 4.78 is 5.18. The number of carboxylic acids is 1. The molecule has 0 amide bonds. The van der Waals surface area contributed by atoms with E-state index in [-0.39, 0.29) is 5.56 Å². The van der Waals surface area contributed by atoms with Crippen molar-refractivity contribution in [1.29, 1.82) is 0 Å². The van der Waals surface area contributed by atoms with E-state index in [9.17, 15) is 9.90 Å². The number of methoxy groups -OCH3 is 1. The molecule has 116 valence electrons. The highest BCUT2D eigenvalue weighted by molar-refractivity contribution is 6.04. The minimum atomic E-state index is -0.975. The summed E-state index contributed by atoms with van der Waals surface area (Å²) in [7, 11) is 1.55. The van der Waals surface area contributed by atoms with Gasteiger partial charge < -0.3 is 9.84 Å². The lowest BCUT2D eigenvalue weighted by Gasteiger charge is -2.11. The summed E-state index contributed by atoms with van der Waals surface area (Å²) in [6, 6.07) is 13.0. The van der Waals surface area contributed by atoms with Crippen LogP contribution in [0.4, 0.5) is 0 Å². The van der Waals surface area contributed by atoms with Crippen LogP contribution < -0.4 is 4.74 Å². The van der Waals surface area contributed by atoms with Gasteiger partial charge >= 0.3 is 5.97 Å². The Morgan fingerprint density at radius 2 is 1.87 bits per heavy atom. The van der Waals surface area contributed by atoms with E-state index < -0.39 is 5.97 Å². The first-order valence-electron chi connectivity index (χ1n) is 7.29. The number of pyridine rings is 1. The normalized spacial score (nSPS) is 10.7. The zero-order chi connectivity index (χ0) is 16.6. The fourth-order valence-corrected chi connectivity index (χ4v) is 2.75. The monoisotopic (exact) mass is 307 g/mol. The number of aromatic nitrogens is 1. The third-order valence-electron chi connectivity index (χ3n) is 3.90. The summed E-state index contributed by atoms with van der Waals surface area (Å²) in [5.41, 5.74) is 4.70. The maximum absolute atomic E-state index is 11.7. The SMILES string of the molecule is COc1ccc2nc(-c3ccc(C)cc3C)cc(C(=O)O)c2c1. The molecule has 0 aliphatic heterocycles. The highest BCUT2D eigenvalue weighted by Crippen LogP contribution is 2.29. The Morgan fingerprint density at radius 1 is 1.09 bits per heavy atom. The summed E-state index contributed by atoms with van der Waals surface area (Å²) in [4.78, 5) is 16.3. The van der Waals surface area contributed by atoms with E-state index in [1.54, 1.807) is 31.4 Å². The molecule has 3 rings (SSSR count). The van der Waals surface area contributed by atoms with Gasteiger partial charge in [0.15, 0.2) is 0 Å². The van der Waals surface area contributed by atoms with Gasteiger partial charge in [0.05, 0.1) is 23.9 Å². The molecular weight excluding hydrogens is 290 g/mol. The maximum atomic E-state index is 11.7. The third-order valence-corrected chi connectivity index (χ3v) is 3.90. The van der Waals surface area contributed by atoms with Crippen molar-refractivity contribution in [2.45, 2.75) is 13.8 Å². The number of aromatic carboxylic acids is 1. The van der Waals surface area contributed by atoms with Gasteiger partial charge in [0.25, 0.3) is 0 Å². The zero-order valence-electron chi connectivity index (χ0n) is 13.3. The minimum absolute atomic E-state index is 0.226. The molecule has 0 aliphatic carbocycles. The lowest BCUT2D eigenvalue weighted by Crippen LogP contribution is -2.01. The van der Waals surface area contributed by atoms with Crippen molar-refractivity contribution in [3.05, 3.63) is 59.2 Å². The molecule has 4 heteroatoms. The van der Waals surface area contributed by atoms with Crippen LogP contribution in [-0.2, 0) is 0 Å².